The molecule has 0 aliphatic heterocycles. The average molecular weight is 302 g/mol. The quantitative estimate of drug-likeness (QED) is 0.908. The minimum atomic E-state index is -0.202. The molecule has 0 saturated heterocycles. The molecule has 6 heteroatoms. The molecule has 1 saturated carbocycles. The fourth-order valence-electron chi connectivity index (χ4n) is 2.51. The average Bonchev–Trinajstić information content (AvgIpc) is 2.86. The summed E-state index contributed by atoms with van der Waals surface area (Å²) < 4.78 is 1.42. The van der Waals surface area contributed by atoms with Crippen molar-refractivity contribution in [2.45, 2.75) is 50.4 Å². The zero-order chi connectivity index (χ0) is 13.8. The topological polar surface area (TPSA) is 46.9 Å². The van der Waals surface area contributed by atoms with Gasteiger partial charge in [-0.25, -0.2) is 4.68 Å². The van der Waals surface area contributed by atoms with Gasteiger partial charge in [-0.1, -0.05) is 24.9 Å². The Hall–Kier alpha value is -0.680. The molecule has 1 aromatic heterocycles. The van der Waals surface area contributed by atoms with E-state index >= 15 is 0 Å². The molecule has 4 nitrogen and oxygen atoms in total. The van der Waals surface area contributed by atoms with E-state index in [2.05, 4.69) is 16.7 Å². The predicted molar refractivity (Wildman–Crippen MR) is 82.4 cm³/mol. The first-order chi connectivity index (χ1) is 9.17. The summed E-state index contributed by atoms with van der Waals surface area (Å²) in [6.07, 6.45) is 8.24. The normalized spacial score (nSPS) is 22.7. The van der Waals surface area contributed by atoms with Gasteiger partial charge < -0.3 is 5.32 Å². The lowest BCUT2D eigenvalue weighted by molar-refractivity contribution is 0.568. The Bertz CT molecular complexity index is 491. The minimum Gasteiger partial charge on any atom is -0.379 e. The summed E-state index contributed by atoms with van der Waals surface area (Å²) in [6.45, 7) is 2.62. The summed E-state index contributed by atoms with van der Waals surface area (Å²) in [7, 11) is 0. The van der Waals surface area contributed by atoms with Crippen molar-refractivity contribution in [3.63, 3.8) is 0 Å². The van der Waals surface area contributed by atoms with Crippen molar-refractivity contribution >= 4 is 29.1 Å². The summed E-state index contributed by atoms with van der Waals surface area (Å²) in [5.41, 5.74) is 0.470. The van der Waals surface area contributed by atoms with Crippen LogP contribution in [0.1, 0.15) is 32.6 Å². The van der Waals surface area contributed by atoms with Crippen molar-refractivity contribution in [1.82, 2.24) is 9.78 Å². The van der Waals surface area contributed by atoms with Crippen LogP contribution in [0.15, 0.2) is 11.0 Å². The number of hydrogen-bond donors (Lipinski definition) is 1. The van der Waals surface area contributed by atoms with Gasteiger partial charge in [0.1, 0.15) is 5.02 Å². The third-order valence-electron chi connectivity index (χ3n) is 3.52. The molecule has 2 atom stereocenters. The summed E-state index contributed by atoms with van der Waals surface area (Å²) in [5.74, 6) is 0. The number of hydrogen-bond acceptors (Lipinski definition) is 4. The first kappa shape index (κ1) is 14.7. The zero-order valence-electron chi connectivity index (χ0n) is 11.4. The molecular weight excluding hydrogens is 282 g/mol. The number of anilines is 1. The first-order valence-electron chi connectivity index (χ1n) is 6.72. The van der Waals surface area contributed by atoms with Crippen LogP contribution in [0, 0.1) is 0 Å². The van der Waals surface area contributed by atoms with Gasteiger partial charge in [-0.2, -0.15) is 16.9 Å². The largest absolute Gasteiger partial charge is 0.379 e. The van der Waals surface area contributed by atoms with Crippen molar-refractivity contribution in [2.24, 2.45) is 0 Å². The van der Waals surface area contributed by atoms with Crippen molar-refractivity contribution < 1.29 is 0 Å². The highest BCUT2D eigenvalue weighted by Gasteiger charge is 2.27. The molecule has 2 unspecified atom stereocenters. The highest BCUT2D eigenvalue weighted by Crippen LogP contribution is 2.31. The van der Waals surface area contributed by atoms with Crippen LogP contribution >= 0.6 is 23.4 Å². The number of aryl methyl sites for hydroxylation is 1. The monoisotopic (exact) mass is 301 g/mol. The van der Waals surface area contributed by atoms with Gasteiger partial charge in [-0.05, 0) is 25.5 Å². The maximum atomic E-state index is 12.0. The number of halogens is 1. The molecule has 19 heavy (non-hydrogen) atoms. The van der Waals surface area contributed by atoms with Crippen molar-refractivity contribution in [3.8, 4) is 0 Å². The molecule has 0 aromatic carbocycles. The second kappa shape index (κ2) is 6.66. The molecule has 0 radical (unpaired) electrons. The standard InChI is InChI=1S/C13H20ClN3OS/c1-3-7-17-13(18)12(14)10(8-15-17)16-9-5-4-6-11(9)19-2/h8-9,11,16H,3-7H2,1-2H3. The molecule has 1 aromatic rings. The van der Waals surface area contributed by atoms with Crippen LogP contribution in [0.3, 0.4) is 0 Å². The third-order valence-corrected chi connectivity index (χ3v) is 5.05. The molecule has 2 rings (SSSR count). The van der Waals surface area contributed by atoms with Crippen LogP contribution in [0.25, 0.3) is 0 Å². The van der Waals surface area contributed by atoms with Crippen LogP contribution in [-0.4, -0.2) is 27.3 Å². The maximum absolute atomic E-state index is 12.0. The Kier molecular flexibility index (Phi) is 5.16. The Morgan fingerprint density at radius 2 is 2.37 bits per heavy atom. The fourth-order valence-corrected chi connectivity index (χ4v) is 3.65. The van der Waals surface area contributed by atoms with E-state index in [4.69, 9.17) is 11.6 Å². The summed E-state index contributed by atoms with van der Waals surface area (Å²) in [6, 6.07) is 0.385. The lowest BCUT2D eigenvalue weighted by Crippen LogP contribution is -2.29. The molecular formula is C13H20ClN3OS. The lowest BCUT2D eigenvalue weighted by Gasteiger charge is -2.20. The van der Waals surface area contributed by atoms with Crippen LogP contribution in [0.2, 0.25) is 5.02 Å². The fraction of sp³-hybridized carbons (Fsp3) is 0.692. The van der Waals surface area contributed by atoms with Gasteiger partial charge in [0.2, 0.25) is 0 Å². The molecule has 0 spiro atoms. The van der Waals surface area contributed by atoms with Crippen molar-refractivity contribution in [2.75, 3.05) is 11.6 Å². The lowest BCUT2D eigenvalue weighted by atomic mass is 10.2. The molecule has 1 fully saturated rings. The van der Waals surface area contributed by atoms with E-state index < -0.39 is 0 Å². The van der Waals surface area contributed by atoms with Gasteiger partial charge in [0.25, 0.3) is 5.56 Å². The molecule has 0 amide bonds. The van der Waals surface area contributed by atoms with E-state index in [0.717, 1.165) is 12.8 Å². The summed E-state index contributed by atoms with van der Waals surface area (Å²) >= 11 is 8.03. The molecule has 1 N–H and O–H groups in total. The zero-order valence-corrected chi connectivity index (χ0v) is 12.9. The van der Waals surface area contributed by atoms with Gasteiger partial charge in [0.15, 0.2) is 0 Å². The minimum absolute atomic E-state index is 0.202. The number of nitrogens with zero attached hydrogens (tertiary/aromatic N) is 2. The van der Waals surface area contributed by atoms with E-state index in [-0.39, 0.29) is 10.6 Å². The number of thioether (sulfide) groups is 1. The molecule has 106 valence electrons. The van der Waals surface area contributed by atoms with Crippen LogP contribution in [-0.2, 0) is 6.54 Å². The highest BCUT2D eigenvalue weighted by molar-refractivity contribution is 7.99. The van der Waals surface area contributed by atoms with Gasteiger partial charge in [0.05, 0.1) is 11.9 Å². The van der Waals surface area contributed by atoms with Gasteiger partial charge in [0, 0.05) is 17.8 Å². The van der Waals surface area contributed by atoms with E-state index in [0.29, 0.717) is 23.5 Å². The first-order valence-corrected chi connectivity index (χ1v) is 8.39. The Labute approximate surface area is 122 Å². The smallest absolute Gasteiger partial charge is 0.287 e. The summed E-state index contributed by atoms with van der Waals surface area (Å²) in [5, 5.41) is 8.42. The summed E-state index contributed by atoms with van der Waals surface area (Å²) in [4.78, 5) is 12.0. The van der Waals surface area contributed by atoms with Crippen LogP contribution in [0.5, 0.6) is 0 Å². The SMILES string of the molecule is CCCn1ncc(NC2CCCC2SC)c(Cl)c1=O. The number of nitrogens with one attached hydrogen (secondary N) is 1. The van der Waals surface area contributed by atoms with Crippen molar-refractivity contribution in [3.05, 3.63) is 21.6 Å². The van der Waals surface area contributed by atoms with E-state index in [1.54, 1.807) is 6.20 Å². The molecule has 0 bridgehead atoms. The third kappa shape index (κ3) is 3.26. The second-order valence-corrected chi connectivity index (χ2v) is 6.31. The maximum Gasteiger partial charge on any atom is 0.287 e. The van der Waals surface area contributed by atoms with Gasteiger partial charge in [-0.15, -0.1) is 0 Å². The van der Waals surface area contributed by atoms with E-state index in [9.17, 15) is 4.79 Å². The van der Waals surface area contributed by atoms with Gasteiger partial charge >= 0.3 is 0 Å². The Morgan fingerprint density at radius 1 is 1.58 bits per heavy atom. The number of aromatic nitrogens is 2. The second-order valence-electron chi connectivity index (χ2n) is 4.86. The number of rotatable bonds is 5. The Morgan fingerprint density at radius 3 is 3.05 bits per heavy atom. The van der Waals surface area contributed by atoms with E-state index in [1.807, 2.05) is 18.7 Å². The molecule has 1 aliphatic carbocycles. The Balaban J connectivity index is 2.17. The van der Waals surface area contributed by atoms with Crippen LogP contribution < -0.4 is 10.9 Å². The van der Waals surface area contributed by atoms with Crippen LogP contribution in [0.4, 0.5) is 5.69 Å². The van der Waals surface area contributed by atoms with Crippen molar-refractivity contribution in [1.29, 1.82) is 0 Å². The highest BCUT2D eigenvalue weighted by atomic mass is 35.5. The molecule has 1 heterocycles. The predicted octanol–water partition coefficient (Wildman–Crippen LogP) is 3.00. The van der Waals surface area contributed by atoms with E-state index in [1.165, 1.54) is 17.5 Å². The molecule has 1 aliphatic rings. The van der Waals surface area contributed by atoms with Gasteiger partial charge in [-0.3, -0.25) is 4.79 Å².